The predicted octanol–water partition coefficient (Wildman–Crippen LogP) is 15.8. The van der Waals surface area contributed by atoms with Crippen LogP contribution in [-0.2, 0) is 0 Å². The third kappa shape index (κ3) is 5.15. The van der Waals surface area contributed by atoms with Gasteiger partial charge in [-0.15, -0.1) is 11.3 Å². The van der Waals surface area contributed by atoms with E-state index in [2.05, 4.69) is 215 Å². The molecule has 63 heavy (non-hydrogen) atoms. The molecule has 0 aliphatic carbocycles. The fraction of sp³-hybridized carbons (Fsp3) is 0. The van der Waals surface area contributed by atoms with E-state index in [9.17, 15) is 0 Å². The molecule has 10 aromatic carbocycles. The Labute approximate surface area is 365 Å². The minimum Gasteiger partial charge on any atom is -0.309 e. The third-order valence-corrected chi connectivity index (χ3v) is 14.2. The van der Waals surface area contributed by atoms with Crippen LogP contribution in [0, 0.1) is 0 Å². The summed E-state index contributed by atoms with van der Waals surface area (Å²) in [6.45, 7) is 0. The Hall–Kier alpha value is -8.12. The second kappa shape index (κ2) is 13.2. The van der Waals surface area contributed by atoms with Crippen LogP contribution >= 0.6 is 11.3 Å². The van der Waals surface area contributed by atoms with Crippen molar-refractivity contribution >= 4 is 108 Å². The number of nitrogens with zero attached hydrogens (tertiary/aromatic N) is 4. The first-order chi connectivity index (χ1) is 31.2. The Morgan fingerprint density at radius 1 is 0.333 bits per heavy atom. The Balaban J connectivity index is 0.943. The van der Waals surface area contributed by atoms with Crippen molar-refractivity contribution in [2.75, 3.05) is 0 Å². The van der Waals surface area contributed by atoms with E-state index >= 15 is 0 Å². The van der Waals surface area contributed by atoms with Gasteiger partial charge in [0, 0.05) is 69.6 Å². The lowest BCUT2D eigenvalue weighted by Crippen LogP contribution is -1.98. The molecule has 0 amide bonds. The number of thiophene rings is 1. The smallest absolute Gasteiger partial charge is 0.160 e. The zero-order valence-electron chi connectivity index (χ0n) is 33.8. The number of rotatable bonds is 4. The minimum absolute atomic E-state index is 0.705. The monoisotopic (exact) mass is 818 g/mol. The first kappa shape index (κ1) is 34.6. The van der Waals surface area contributed by atoms with Gasteiger partial charge in [-0.25, -0.2) is 9.97 Å². The van der Waals surface area contributed by atoms with Crippen LogP contribution in [0.3, 0.4) is 0 Å². The average molecular weight is 819 g/mol. The van der Waals surface area contributed by atoms with Gasteiger partial charge in [-0.3, -0.25) is 0 Å². The summed E-state index contributed by atoms with van der Waals surface area (Å²) in [6, 6.07) is 75.0. The van der Waals surface area contributed by atoms with Crippen molar-refractivity contribution in [2.45, 2.75) is 0 Å². The van der Waals surface area contributed by atoms with Gasteiger partial charge in [-0.1, -0.05) is 133 Å². The molecule has 0 bridgehead atoms. The van der Waals surface area contributed by atoms with E-state index in [1.807, 2.05) is 11.3 Å². The van der Waals surface area contributed by atoms with Gasteiger partial charge in [0.05, 0.1) is 33.3 Å². The third-order valence-electron chi connectivity index (χ3n) is 13.1. The second-order valence-electron chi connectivity index (χ2n) is 16.6. The number of fused-ring (bicyclic) bond motifs is 13. The maximum absolute atomic E-state index is 5.37. The molecule has 4 nitrogen and oxygen atoms in total. The fourth-order valence-electron chi connectivity index (χ4n) is 10.2. The zero-order valence-corrected chi connectivity index (χ0v) is 34.6. The number of aromatic nitrogens is 4. The van der Waals surface area contributed by atoms with Gasteiger partial charge in [0.1, 0.15) is 0 Å². The standard InChI is InChI=1S/C58H34N4S/c1-2-15-42-35(12-1)26-29-52-56(42)47-19-5-9-22-51(47)61(52)41-27-24-36-32-48-43-16-4-8-21-50(43)62(53(48)33-39(36)31-41)40-14-11-13-38(30-40)58-59-49-20-7-3-18-46(49)57(60-58)37-25-28-45-44-17-6-10-23-54(44)63-55(45)34-37/h1-34H. The highest BCUT2D eigenvalue weighted by Crippen LogP contribution is 2.41. The number of benzene rings is 10. The van der Waals surface area contributed by atoms with Crippen molar-refractivity contribution in [3.63, 3.8) is 0 Å². The van der Waals surface area contributed by atoms with E-state index in [0.29, 0.717) is 5.82 Å². The molecule has 0 atom stereocenters. The summed E-state index contributed by atoms with van der Waals surface area (Å²) in [5.74, 6) is 0.705. The molecule has 0 radical (unpaired) electrons. The molecule has 0 unspecified atom stereocenters. The molecule has 4 heterocycles. The molecule has 0 N–H and O–H groups in total. The average Bonchev–Trinajstić information content (AvgIpc) is 4.00. The molecule has 14 aromatic rings. The van der Waals surface area contributed by atoms with Gasteiger partial charge in [-0.05, 0) is 94.3 Å². The van der Waals surface area contributed by atoms with E-state index in [-0.39, 0.29) is 0 Å². The summed E-state index contributed by atoms with van der Waals surface area (Å²) in [4.78, 5) is 10.6. The molecule has 0 aliphatic heterocycles. The molecule has 0 saturated heterocycles. The van der Waals surface area contributed by atoms with Crippen molar-refractivity contribution in [3.05, 3.63) is 206 Å². The van der Waals surface area contributed by atoms with Gasteiger partial charge in [0.25, 0.3) is 0 Å². The Bertz CT molecular complexity index is 4230. The lowest BCUT2D eigenvalue weighted by Gasteiger charge is -2.13. The lowest BCUT2D eigenvalue weighted by molar-refractivity contribution is 1.17. The molecular formula is C58H34N4S. The summed E-state index contributed by atoms with van der Waals surface area (Å²) >= 11 is 1.83. The maximum atomic E-state index is 5.37. The predicted molar refractivity (Wildman–Crippen MR) is 267 cm³/mol. The number of hydrogen-bond acceptors (Lipinski definition) is 3. The van der Waals surface area contributed by atoms with Gasteiger partial charge < -0.3 is 9.13 Å². The molecule has 0 aliphatic rings. The van der Waals surface area contributed by atoms with Crippen LogP contribution in [0.4, 0.5) is 0 Å². The van der Waals surface area contributed by atoms with E-state index in [1.165, 1.54) is 74.3 Å². The van der Waals surface area contributed by atoms with Crippen molar-refractivity contribution in [2.24, 2.45) is 0 Å². The van der Waals surface area contributed by atoms with Crippen molar-refractivity contribution in [3.8, 4) is 34.0 Å². The fourth-order valence-corrected chi connectivity index (χ4v) is 11.4. The van der Waals surface area contributed by atoms with Crippen LogP contribution in [0.2, 0.25) is 0 Å². The second-order valence-corrected chi connectivity index (χ2v) is 17.6. The highest BCUT2D eigenvalue weighted by atomic mass is 32.1. The number of hydrogen-bond donors (Lipinski definition) is 0. The number of para-hydroxylation sites is 3. The molecule has 0 spiro atoms. The molecule has 5 heteroatoms. The lowest BCUT2D eigenvalue weighted by atomic mass is 10.0. The van der Waals surface area contributed by atoms with E-state index in [4.69, 9.17) is 9.97 Å². The SMILES string of the molecule is c1cc(-c2nc(-c3ccc4c(c3)sc3ccccc34)c3ccccc3n2)cc(-n2c3ccccc3c3cc4ccc(-n5c6ccccc6c6c7ccccc7ccc65)cc4cc32)c1. The molecule has 14 rings (SSSR count). The van der Waals surface area contributed by atoms with Gasteiger partial charge in [0.2, 0.25) is 0 Å². The van der Waals surface area contributed by atoms with Crippen LogP contribution in [0.25, 0.3) is 130 Å². The minimum atomic E-state index is 0.705. The molecule has 4 aromatic heterocycles. The van der Waals surface area contributed by atoms with Crippen LogP contribution in [0.5, 0.6) is 0 Å². The Kier molecular flexibility index (Phi) is 7.24. The summed E-state index contributed by atoms with van der Waals surface area (Å²) in [5, 5.41) is 13.5. The summed E-state index contributed by atoms with van der Waals surface area (Å²) in [6.07, 6.45) is 0. The summed E-state index contributed by atoms with van der Waals surface area (Å²) < 4.78 is 7.39. The first-order valence-electron chi connectivity index (χ1n) is 21.4. The van der Waals surface area contributed by atoms with Crippen LogP contribution in [0.15, 0.2) is 206 Å². The quantitative estimate of drug-likeness (QED) is 0.177. The highest BCUT2D eigenvalue weighted by molar-refractivity contribution is 7.25. The molecule has 0 saturated carbocycles. The molecule has 292 valence electrons. The first-order valence-corrected chi connectivity index (χ1v) is 22.2. The van der Waals surface area contributed by atoms with Crippen LogP contribution < -0.4 is 0 Å². The van der Waals surface area contributed by atoms with E-state index in [0.717, 1.165) is 50.1 Å². The maximum Gasteiger partial charge on any atom is 0.160 e. The summed E-state index contributed by atoms with van der Waals surface area (Å²) in [7, 11) is 0. The van der Waals surface area contributed by atoms with Crippen LogP contribution in [0.1, 0.15) is 0 Å². The molecular weight excluding hydrogens is 785 g/mol. The Morgan fingerprint density at radius 2 is 1.03 bits per heavy atom. The van der Waals surface area contributed by atoms with Crippen molar-refractivity contribution < 1.29 is 0 Å². The van der Waals surface area contributed by atoms with E-state index < -0.39 is 0 Å². The normalized spacial score (nSPS) is 12.1. The highest BCUT2D eigenvalue weighted by Gasteiger charge is 2.19. The van der Waals surface area contributed by atoms with Gasteiger partial charge >= 0.3 is 0 Å². The van der Waals surface area contributed by atoms with Crippen molar-refractivity contribution in [1.82, 2.24) is 19.1 Å². The van der Waals surface area contributed by atoms with Gasteiger partial charge in [0.15, 0.2) is 5.82 Å². The Morgan fingerprint density at radius 3 is 1.94 bits per heavy atom. The zero-order chi connectivity index (χ0) is 41.2. The van der Waals surface area contributed by atoms with Crippen LogP contribution in [-0.4, -0.2) is 19.1 Å². The topological polar surface area (TPSA) is 35.6 Å². The van der Waals surface area contributed by atoms with E-state index in [1.54, 1.807) is 0 Å². The van der Waals surface area contributed by atoms with Gasteiger partial charge in [-0.2, -0.15) is 0 Å². The summed E-state index contributed by atoms with van der Waals surface area (Å²) in [5.41, 5.74) is 10.9. The molecule has 0 fully saturated rings. The van der Waals surface area contributed by atoms with Crippen molar-refractivity contribution in [1.29, 1.82) is 0 Å². The largest absolute Gasteiger partial charge is 0.309 e.